The van der Waals surface area contributed by atoms with Crippen LogP contribution in [0.2, 0.25) is 0 Å². The van der Waals surface area contributed by atoms with Crippen molar-refractivity contribution in [1.29, 1.82) is 0 Å². The molecule has 0 heterocycles. The van der Waals surface area contributed by atoms with Crippen LogP contribution in [0.4, 0.5) is 0 Å². The lowest BCUT2D eigenvalue weighted by Crippen LogP contribution is -2.30. The molecule has 1 unspecified atom stereocenters. The summed E-state index contributed by atoms with van der Waals surface area (Å²) >= 11 is 0. The summed E-state index contributed by atoms with van der Waals surface area (Å²) in [6.45, 7) is 0.267. The number of carboxylic acid groups (broad SMARTS) is 1. The van der Waals surface area contributed by atoms with Crippen LogP contribution in [0.3, 0.4) is 0 Å². The Morgan fingerprint density at radius 1 is 1.26 bits per heavy atom. The Bertz CT molecular complexity index is 502. The van der Waals surface area contributed by atoms with Crippen LogP contribution in [0.25, 0.3) is 0 Å². The fourth-order valence-electron chi connectivity index (χ4n) is 1.50. The third kappa shape index (κ3) is 5.37. The molecule has 0 aromatic heterocycles. The number of carboxylic acids is 1. The molecule has 106 valence electrons. The van der Waals surface area contributed by atoms with E-state index >= 15 is 0 Å². The second-order valence-corrected chi connectivity index (χ2v) is 5.92. The van der Waals surface area contributed by atoms with Gasteiger partial charge in [-0.05, 0) is 25.0 Å². The summed E-state index contributed by atoms with van der Waals surface area (Å²) in [5, 5.41) is 8.58. The predicted molar refractivity (Wildman–Crippen MR) is 71.1 cm³/mol. The number of nitrogens with one attached hydrogen (secondary N) is 1. The predicted octanol–water partition coefficient (Wildman–Crippen LogP) is 0.547. The summed E-state index contributed by atoms with van der Waals surface area (Å²) in [6, 6.07) is 7.20. The summed E-state index contributed by atoms with van der Waals surface area (Å²) < 4.78 is 26.1. The lowest BCUT2D eigenvalue weighted by molar-refractivity contribution is -0.138. The third-order valence-corrected chi connectivity index (χ3v) is 4.08. The Morgan fingerprint density at radius 3 is 2.47 bits per heavy atom. The van der Waals surface area contributed by atoms with Gasteiger partial charge in [-0.2, -0.15) is 0 Å². The molecular formula is C12H18N2O4S. The van der Waals surface area contributed by atoms with Crippen LogP contribution >= 0.6 is 0 Å². The zero-order valence-corrected chi connectivity index (χ0v) is 11.3. The highest BCUT2D eigenvalue weighted by molar-refractivity contribution is 7.89. The number of benzene rings is 1. The van der Waals surface area contributed by atoms with Crippen molar-refractivity contribution in [2.75, 3.05) is 6.54 Å². The zero-order valence-electron chi connectivity index (χ0n) is 10.5. The molecule has 0 bridgehead atoms. The molecule has 0 spiro atoms. The first-order valence-electron chi connectivity index (χ1n) is 5.96. The van der Waals surface area contributed by atoms with Crippen LogP contribution in [-0.4, -0.2) is 32.1 Å². The monoisotopic (exact) mass is 286 g/mol. The zero-order chi connectivity index (χ0) is 14.3. The largest absolute Gasteiger partial charge is 0.480 e. The molecule has 4 N–H and O–H groups in total. The van der Waals surface area contributed by atoms with Gasteiger partial charge in [-0.15, -0.1) is 0 Å². The van der Waals surface area contributed by atoms with Gasteiger partial charge < -0.3 is 10.8 Å². The van der Waals surface area contributed by atoms with Crippen LogP contribution in [-0.2, 0) is 14.8 Å². The molecule has 1 aromatic rings. The maximum atomic E-state index is 11.8. The Balaban J connectivity index is 2.32. The SMILES string of the molecule is NC(CCCCNS(=O)(=O)c1ccccc1)C(=O)O. The van der Waals surface area contributed by atoms with Gasteiger partial charge >= 0.3 is 5.97 Å². The molecule has 6 nitrogen and oxygen atoms in total. The van der Waals surface area contributed by atoms with Crippen LogP contribution in [0.1, 0.15) is 19.3 Å². The number of aliphatic carboxylic acids is 1. The minimum absolute atomic E-state index is 0.220. The Hall–Kier alpha value is -1.44. The van der Waals surface area contributed by atoms with Gasteiger partial charge in [0.1, 0.15) is 6.04 Å². The number of carbonyl (C=O) groups is 1. The first-order chi connectivity index (χ1) is 8.93. The van der Waals surface area contributed by atoms with Crippen molar-refractivity contribution in [2.24, 2.45) is 5.73 Å². The average molecular weight is 286 g/mol. The highest BCUT2D eigenvalue weighted by Crippen LogP contribution is 2.07. The van der Waals surface area contributed by atoms with Crippen molar-refractivity contribution >= 4 is 16.0 Å². The van der Waals surface area contributed by atoms with Crippen LogP contribution in [0.15, 0.2) is 35.2 Å². The van der Waals surface area contributed by atoms with E-state index in [1.54, 1.807) is 18.2 Å². The van der Waals surface area contributed by atoms with Gasteiger partial charge in [-0.1, -0.05) is 24.6 Å². The van der Waals surface area contributed by atoms with E-state index in [4.69, 9.17) is 10.8 Å². The first-order valence-corrected chi connectivity index (χ1v) is 7.45. The normalized spacial score (nSPS) is 13.1. The van der Waals surface area contributed by atoms with Crippen LogP contribution < -0.4 is 10.5 Å². The molecule has 0 aliphatic heterocycles. The molecule has 19 heavy (non-hydrogen) atoms. The lowest BCUT2D eigenvalue weighted by atomic mass is 10.1. The maximum Gasteiger partial charge on any atom is 0.320 e. The summed E-state index contributed by atoms with van der Waals surface area (Å²) in [6.07, 6.45) is 1.44. The molecule has 0 saturated heterocycles. The van der Waals surface area contributed by atoms with E-state index in [-0.39, 0.29) is 11.4 Å². The van der Waals surface area contributed by atoms with E-state index in [9.17, 15) is 13.2 Å². The topological polar surface area (TPSA) is 109 Å². The number of unbranched alkanes of at least 4 members (excludes halogenated alkanes) is 1. The summed E-state index contributed by atoms with van der Waals surface area (Å²) in [5.41, 5.74) is 5.34. The standard InChI is InChI=1S/C12H18N2O4S/c13-11(12(15)16)8-4-5-9-14-19(17,18)10-6-2-1-3-7-10/h1-3,6-7,11,14H,4-5,8-9,13H2,(H,15,16). The first kappa shape index (κ1) is 15.6. The van der Waals surface area contributed by atoms with E-state index in [0.717, 1.165) is 0 Å². The van der Waals surface area contributed by atoms with Crippen molar-refractivity contribution < 1.29 is 18.3 Å². The lowest BCUT2D eigenvalue weighted by Gasteiger charge is -2.08. The van der Waals surface area contributed by atoms with Crippen molar-refractivity contribution in [3.8, 4) is 0 Å². The van der Waals surface area contributed by atoms with Gasteiger partial charge in [0.25, 0.3) is 0 Å². The highest BCUT2D eigenvalue weighted by Gasteiger charge is 2.13. The van der Waals surface area contributed by atoms with E-state index in [2.05, 4.69) is 4.72 Å². The molecule has 7 heteroatoms. The minimum atomic E-state index is -3.47. The second kappa shape index (κ2) is 7.22. The van der Waals surface area contributed by atoms with Gasteiger partial charge in [0.05, 0.1) is 4.90 Å². The van der Waals surface area contributed by atoms with E-state index in [1.165, 1.54) is 12.1 Å². The van der Waals surface area contributed by atoms with Crippen LogP contribution in [0, 0.1) is 0 Å². The highest BCUT2D eigenvalue weighted by atomic mass is 32.2. The molecule has 0 amide bonds. The van der Waals surface area contributed by atoms with Crippen molar-refractivity contribution in [3.05, 3.63) is 30.3 Å². The molecule has 0 fully saturated rings. The summed E-state index contributed by atoms with van der Waals surface area (Å²) in [4.78, 5) is 10.7. The number of sulfonamides is 1. The Kier molecular flexibility index (Phi) is 5.94. The molecule has 1 atom stereocenters. The summed E-state index contributed by atoms with van der Waals surface area (Å²) in [5.74, 6) is -1.04. The number of hydrogen-bond acceptors (Lipinski definition) is 4. The molecule has 0 aliphatic rings. The number of rotatable bonds is 8. The average Bonchev–Trinajstić information content (AvgIpc) is 2.39. The van der Waals surface area contributed by atoms with E-state index in [1.807, 2.05) is 0 Å². The molecular weight excluding hydrogens is 268 g/mol. The molecule has 0 radical (unpaired) electrons. The smallest absolute Gasteiger partial charge is 0.320 e. The molecule has 0 aliphatic carbocycles. The van der Waals surface area contributed by atoms with E-state index < -0.39 is 22.0 Å². The quantitative estimate of drug-likeness (QED) is 0.604. The van der Waals surface area contributed by atoms with Crippen molar-refractivity contribution in [2.45, 2.75) is 30.2 Å². The fraction of sp³-hybridized carbons (Fsp3) is 0.417. The molecule has 1 rings (SSSR count). The second-order valence-electron chi connectivity index (χ2n) is 4.15. The number of hydrogen-bond donors (Lipinski definition) is 3. The van der Waals surface area contributed by atoms with E-state index in [0.29, 0.717) is 19.3 Å². The maximum absolute atomic E-state index is 11.8. The minimum Gasteiger partial charge on any atom is -0.480 e. The van der Waals surface area contributed by atoms with Gasteiger partial charge in [0.15, 0.2) is 0 Å². The van der Waals surface area contributed by atoms with Gasteiger partial charge in [-0.3, -0.25) is 4.79 Å². The van der Waals surface area contributed by atoms with Gasteiger partial charge in [0.2, 0.25) is 10.0 Å². The molecule has 0 saturated carbocycles. The van der Waals surface area contributed by atoms with Gasteiger partial charge in [0, 0.05) is 6.54 Å². The van der Waals surface area contributed by atoms with Crippen molar-refractivity contribution in [1.82, 2.24) is 4.72 Å². The fourth-order valence-corrected chi connectivity index (χ4v) is 2.60. The van der Waals surface area contributed by atoms with Gasteiger partial charge in [-0.25, -0.2) is 13.1 Å². The summed E-state index contributed by atoms with van der Waals surface area (Å²) in [7, 11) is -3.47. The van der Waals surface area contributed by atoms with Crippen molar-refractivity contribution in [3.63, 3.8) is 0 Å². The Labute approximate surface area is 112 Å². The van der Waals surface area contributed by atoms with Crippen LogP contribution in [0.5, 0.6) is 0 Å². The Morgan fingerprint density at radius 2 is 1.89 bits per heavy atom. The third-order valence-electron chi connectivity index (χ3n) is 2.60. The molecule has 1 aromatic carbocycles. The number of nitrogens with two attached hydrogens (primary N) is 1.